The first kappa shape index (κ1) is 7.73. The van der Waals surface area contributed by atoms with Crippen LogP contribution in [0, 0.1) is 0 Å². The SMILES string of the molecule is C1=COC(c2ccccn2)=CN=C1. The molecule has 2 rings (SSSR count). The van der Waals surface area contributed by atoms with Gasteiger partial charge in [-0.2, -0.15) is 0 Å². The molecule has 1 aromatic rings. The molecule has 0 spiro atoms. The zero-order valence-electron chi connectivity index (χ0n) is 6.92. The topological polar surface area (TPSA) is 34.5 Å². The van der Waals surface area contributed by atoms with E-state index in [2.05, 4.69) is 9.98 Å². The molecule has 0 fully saturated rings. The fourth-order valence-corrected chi connectivity index (χ4v) is 0.974. The molecular formula is C10H8N2O. The summed E-state index contributed by atoms with van der Waals surface area (Å²) >= 11 is 0. The first-order chi connectivity index (χ1) is 6.47. The summed E-state index contributed by atoms with van der Waals surface area (Å²) in [7, 11) is 0. The molecule has 0 aromatic carbocycles. The van der Waals surface area contributed by atoms with Gasteiger partial charge in [0.15, 0.2) is 5.76 Å². The maximum atomic E-state index is 5.28. The minimum atomic E-state index is 0.658. The Bertz CT molecular complexity index is 366. The van der Waals surface area contributed by atoms with E-state index in [0.29, 0.717) is 5.76 Å². The molecule has 0 saturated carbocycles. The van der Waals surface area contributed by atoms with Gasteiger partial charge in [0.05, 0.1) is 12.5 Å². The highest BCUT2D eigenvalue weighted by Crippen LogP contribution is 2.14. The standard InChI is InChI=1S/C10H8N2O/c1-2-6-12-9(4-1)10-8-11-5-3-7-13-10/h1-8H. The van der Waals surface area contributed by atoms with Crippen molar-refractivity contribution in [1.29, 1.82) is 0 Å². The van der Waals surface area contributed by atoms with Crippen molar-refractivity contribution in [2.24, 2.45) is 4.99 Å². The van der Waals surface area contributed by atoms with Gasteiger partial charge in [0.2, 0.25) is 0 Å². The van der Waals surface area contributed by atoms with Gasteiger partial charge in [-0.05, 0) is 18.2 Å². The van der Waals surface area contributed by atoms with Gasteiger partial charge in [0.1, 0.15) is 5.69 Å². The maximum Gasteiger partial charge on any atom is 0.170 e. The highest BCUT2D eigenvalue weighted by Gasteiger charge is 2.02. The van der Waals surface area contributed by atoms with E-state index < -0.39 is 0 Å². The highest BCUT2D eigenvalue weighted by atomic mass is 16.5. The van der Waals surface area contributed by atoms with Crippen LogP contribution in [0.15, 0.2) is 47.9 Å². The third-order valence-electron chi connectivity index (χ3n) is 1.55. The summed E-state index contributed by atoms with van der Waals surface area (Å²) in [5, 5.41) is 0. The number of allylic oxidation sites excluding steroid dienone is 1. The summed E-state index contributed by atoms with van der Waals surface area (Å²) in [5.74, 6) is 0.658. The summed E-state index contributed by atoms with van der Waals surface area (Å²) in [5.41, 5.74) is 0.784. The van der Waals surface area contributed by atoms with Crippen LogP contribution < -0.4 is 0 Å². The first-order valence-electron chi connectivity index (χ1n) is 3.93. The average molecular weight is 172 g/mol. The fourth-order valence-electron chi connectivity index (χ4n) is 0.974. The first-order valence-corrected chi connectivity index (χ1v) is 3.93. The summed E-state index contributed by atoms with van der Waals surface area (Å²) < 4.78 is 5.28. The van der Waals surface area contributed by atoms with Crippen molar-refractivity contribution in [3.8, 4) is 0 Å². The normalized spacial score (nSPS) is 14.6. The van der Waals surface area contributed by atoms with Crippen LogP contribution >= 0.6 is 0 Å². The Labute approximate surface area is 76.1 Å². The number of hydrogen-bond acceptors (Lipinski definition) is 3. The van der Waals surface area contributed by atoms with Gasteiger partial charge in [-0.1, -0.05) is 6.07 Å². The van der Waals surface area contributed by atoms with Gasteiger partial charge in [-0.3, -0.25) is 9.98 Å². The zero-order valence-corrected chi connectivity index (χ0v) is 6.92. The van der Waals surface area contributed by atoms with Gasteiger partial charge >= 0.3 is 0 Å². The molecule has 0 bridgehead atoms. The molecule has 0 unspecified atom stereocenters. The van der Waals surface area contributed by atoms with Crippen LogP contribution in [-0.4, -0.2) is 11.2 Å². The van der Waals surface area contributed by atoms with Gasteiger partial charge < -0.3 is 4.74 Å². The molecule has 1 aliphatic heterocycles. The lowest BCUT2D eigenvalue weighted by molar-refractivity contribution is 0.435. The molecule has 1 aromatic heterocycles. The van der Waals surface area contributed by atoms with Crippen molar-refractivity contribution >= 4 is 12.0 Å². The number of aromatic nitrogens is 1. The lowest BCUT2D eigenvalue weighted by atomic mass is 10.3. The second-order valence-corrected chi connectivity index (χ2v) is 2.45. The molecule has 3 nitrogen and oxygen atoms in total. The third-order valence-corrected chi connectivity index (χ3v) is 1.55. The minimum Gasteiger partial charge on any atom is -0.461 e. The van der Waals surface area contributed by atoms with E-state index in [1.165, 1.54) is 0 Å². The quantitative estimate of drug-likeness (QED) is 0.649. The van der Waals surface area contributed by atoms with Crippen molar-refractivity contribution in [3.05, 3.63) is 48.6 Å². The Balaban J connectivity index is 2.32. The number of rotatable bonds is 1. The summed E-state index contributed by atoms with van der Waals surface area (Å²) in [4.78, 5) is 8.13. The second-order valence-electron chi connectivity index (χ2n) is 2.45. The Morgan fingerprint density at radius 1 is 1.23 bits per heavy atom. The van der Waals surface area contributed by atoms with E-state index in [4.69, 9.17) is 4.74 Å². The summed E-state index contributed by atoms with van der Waals surface area (Å²) in [6.45, 7) is 0. The van der Waals surface area contributed by atoms with E-state index in [-0.39, 0.29) is 0 Å². The van der Waals surface area contributed by atoms with Gasteiger partial charge in [-0.15, -0.1) is 0 Å². The monoisotopic (exact) mass is 172 g/mol. The Kier molecular flexibility index (Phi) is 2.18. The van der Waals surface area contributed by atoms with Crippen LogP contribution in [0.25, 0.3) is 5.76 Å². The predicted molar refractivity (Wildman–Crippen MR) is 50.9 cm³/mol. The molecule has 1 aliphatic rings. The molecule has 13 heavy (non-hydrogen) atoms. The van der Waals surface area contributed by atoms with Crippen molar-refractivity contribution in [2.45, 2.75) is 0 Å². The van der Waals surface area contributed by atoms with E-state index in [9.17, 15) is 0 Å². The van der Waals surface area contributed by atoms with Crippen molar-refractivity contribution in [1.82, 2.24) is 4.98 Å². The number of aliphatic imine (C=N–C) groups is 1. The molecule has 64 valence electrons. The molecule has 3 heteroatoms. The number of pyridine rings is 1. The second kappa shape index (κ2) is 3.67. The van der Waals surface area contributed by atoms with Crippen molar-refractivity contribution in [3.63, 3.8) is 0 Å². The highest BCUT2D eigenvalue weighted by molar-refractivity contribution is 5.74. The van der Waals surface area contributed by atoms with Crippen LogP contribution in [0.4, 0.5) is 0 Å². The largest absolute Gasteiger partial charge is 0.461 e. The molecule has 0 atom stereocenters. The van der Waals surface area contributed by atoms with Crippen LogP contribution in [-0.2, 0) is 4.74 Å². The lowest BCUT2D eigenvalue weighted by Gasteiger charge is -2.01. The Morgan fingerprint density at radius 2 is 2.23 bits per heavy atom. The molecule has 0 N–H and O–H groups in total. The summed E-state index contributed by atoms with van der Waals surface area (Å²) in [6.07, 6.45) is 8.33. The molecule has 0 saturated heterocycles. The van der Waals surface area contributed by atoms with Gasteiger partial charge in [0.25, 0.3) is 0 Å². The smallest absolute Gasteiger partial charge is 0.170 e. The third kappa shape index (κ3) is 1.82. The predicted octanol–water partition coefficient (Wildman–Crippen LogP) is 1.99. The zero-order chi connectivity index (χ0) is 8.93. The van der Waals surface area contributed by atoms with Gasteiger partial charge in [0, 0.05) is 12.4 Å². The Morgan fingerprint density at radius 3 is 3.08 bits per heavy atom. The fraction of sp³-hybridized carbons (Fsp3) is 0. The lowest BCUT2D eigenvalue weighted by Crippen LogP contribution is -1.88. The van der Waals surface area contributed by atoms with E-state index in [1.54, 1.807) is 30.9 Å². The van der Waals surface area contributed by atoms with Crippen LogP contribution in [0.2, 0.25) is 0 Å². The average Bonchev–Trinajstić information content (AvgIpc) is 2.47. The number of nitrogens with zero attached hydrogens (tertiary/aromatic N) is 2. The summed E-state index contributed by atoms with van der Waals surface area (Å²) in [6, 6.07) is 5.64. The number of hydrogen-bond donors (Lipinski definition) is 0. The molecule has 0 aliphatic carbocycles. The van der Waals surface area contributed by atoms with Crippen molar-refractivity contribution < 1.29 is 4.74 Å². The van der Waals surface area contributed by atoms with E-state index >= 15 is 0 Å². The molecule has 0 radical (unpaired) electrons. The van der Waals surface area contributed by atoms with Crippen LogP contribution in [0.3, 0.4) is 0 Å². The number of ether oxygens (including phenoxy) is 1. The van der Waals surface area contributed by atoms with E-state index in [0.717, 1.165) is 5.69 Å². The molecular weight excluding hydrogens is 164 g/mol. The van der Waals surface area contributed by atoms with Crippen molar-refractivity contribution in [2.75, 3.05) is 0 Å². The van der Waals surface area contributed by atoms with Crippen LogP contribution in [0.5, 0.6) is 0 Å². The van der Waals surface area contributed by atoms with Crippen LogP contribution in [0.1, 0.15) is 5.69 Å². The van der Waals surface area contributed by atoms with Gasteiger partial charge in [-0.25, -0.2) is 0 Å². The Hall–Kier alpha value is -1.90. The molecule has 2 heterocycles. The maximum absolute atomic E-state index is 5.28. The van der Waals surface area contributed by atoms with E-state index in [1.807, 2.05) is 18.2 Å². The molecule has 0 amide bonds. The minimum absolute atomic E-state index is 0.658.